The number of carboxylic acids is 1. The molecule has 0 unspecified atom stereocenters. The number of benzene rings is 1. The fourth-order valence-electron chi connectivity index (χ4n) is 2.37. The van der Waals surface area contributed by atoms with Crippen LogP contribution in [0.5, 0.6) is 0 Å². The summed E-state index contributed by atoms with van der Waals surface area (Å²) in [7, 11) is 0. The first-order valence-corrected chi connectivity index (χ1v) is 7.49. The van der Waals surface area contributed by atoms with Gasteiger partial charge in [-0.25, -0.2) is 4.79 Å². The number of carbonyl (C=O) groups excluding carboxylic acids is 1. The number of urea groups is 1. The topological polar surface area (TPSA) is 69.6 Å². The molecular weight excluding hydrogens is 268 g/mol. The Morgan fingerprint density at radius 1 is 1.24 bits per heavy atom. The summed E-state index contributed by atoms with van der Waals surface area (Å²) in [6.45, 7) is 1.12. The molecular formula is C16H22N2O3. The van der Waals surface area contributed by atoms with Crippen molar-refractivity contribution < 1.29 is 14.7 Å². The second-order valence-electron chi connectivity index (χ2n) is 5.47. The van der Waals surface area contributed by atoms with Crippen LogP contribution in [0.4, 0.5) is 10.5 Å². The van der Waals surface area contributed by atoms with Crippen LogP contribution < -0.4 is 10.2 Å². The van der Waals surface area contributed by atoms with Gasteiger partial charge in [-0.15, -0.1) is 0 Å². The van der Waals surface area contributed by atoms with Crippen LogP contribution in [0.25, 0.3) is 0 Å². The Morgan fingerprint density at radius 3 is 2.52 bits per heavy atom. The number of carbonyl (C=O) groups is 2. The lowest BCUT2D eigenvalue weighted by molar-refractivity contribution is -0.137. The van der Waals surface area contributed by atoms with E-state index in [0.717, 1.165) is 5.69 Å². The van der Waals surface area contributed by atoms with E-state index in [-0.39, 0.29) is 12.5 Å². The fraction of sp³-hybridized carbons (Fsp3) is 0.500. The zero-order chi connectivity index (χ0) is 15.1. The van der Waals surface area contributed by atoms with E-state index in [1.165, 1.54) is 19.3 Å². The molecule has 1 aromatic carbocycles. The van der Waals surface area contributed by atoms with Crippen LogP contribution in [0, 0.1) is 5.92 Å². The molecule has 2 amide bonds. The molecule has 0 bridgehead atoms. The van der Waals surface area contributed by atoms with Crippen LogP contribution in [0.15, 0.2) is 30.3 Å². The number of carboxylic acid groups (broad SMARTS) is 1. The molecule has 0 heterocycles. The molecule has 0 spiro atoms. The standard InChI is InChI=1S/C16H22N2O3/c19-15(20)10-5-11-18(14-8-2-1-3-9-14)16(21)17-12-13-6-4-7-13/h1-3,8-9,13H,4-7,10-12H2,(H,17,21)(H,19,20). The van der Waals surface area contributed by atoms with Crippen molar-refractivity contribution in [3.63, 3.8) is 0 Å². The lowest BCUT2D eigenvalue weighted by Gasteiger charge is -2.28. The van der Waals surface area contributed by atoms with Gasteiger partial charge in [0.15, 0.2) is 0 Å². The van der Waals surface area contributed by atoms with Gasteiger partial charge in [0.05, 0.1) is 0 Å². The highest BCUT2D eigenvalue weighted by molar-refractivity contribution is 5.91. The van der Waals surface area contributed by atoms with Crippen LogP contribution in [0.2, 0.25) is 0 Å². The highest BCUT2D eigenvalue weighted by atomic mass is 16.4. The van der Waals surface area contributed by atoms with Crippen molar-refractivity contribution in [2.45, 2.75) is 32.1 Å². The van der Waals surface area contributed by atoms with Gasteiger partial charge < -0.3 is 10.4 Å². The smallest absolute Gasteiger partial charge is 0.321 e. The molecule has 114 valence electrons. The molecule has 0 aliphatic heterocycles. The van der Waals surface area contributed by atoms with E-state index in [2.05, 4.69) is 5.32 Å². The Kier molecular flexibility index (Phi) is 5.60. The van der Waals surface area contributed by atoms with Crippen molar-refractivity contribution >= 4 is 17.7 Å². The van der Waals surface area contributed by atoms with E-state index in [4.69, 9.17) is 5.11 Å². The summed E-state index contributed by atoms with van der Waals surface area (Å²) in [6, 6.07) is 9.23. The van der Waals surface area contributed by atoms with Gasteiger partial charge >= 0.3 is 12.0 Å². The molecule has 2 N–H and O–H groups in total. The third-order valence-electron chi connectivity index (χ3n) is 3.85. The van der Waals surface area contributed by atoms with Crippen molar-refractivity contribution in [2.24, 2.45) is 5.92 Å². The highest BCUT2D eigenvalue weighted by Crippen LogP contribution is 2.25. The molecule has 0 radical (unpaired) electrons. The van der Waals surface area contributed by atoms with Crippen molar-refractivity contribution in [1.82, 2.24) is 5.32 Å². The molecule has 2 rings (SSSR count). The molecule has 5 nitrogen and oxygen atoms in total. The predicted molar refractivity (Wildman–Crippen MR) is 81.4 cm³/mol. The van der Waals surface area contributed by atoms with Crippen molar-refractivity contribution in [1.29, 1.82) is 0 Å². The predicted octanol–water partition coefficient (Wildman–Crippen LogP) is 2.87. The van der Waals surface area contributed by atoms with Gasteiger partial charge in [0.2, 0.25) is 0 Å². The molecule has 1 saturated carbocycles. The number of para-hydroxylation sites is 1. The number of anilines is 1. The first-order chi connectivity index (χ1) is 10.2. The zero-order valence-electron chi connectivity index (χ0n) is 12.1. The first kappa shape index (κ1) is 15.4. The van der Waals surface area contributed by atoms with Gasteiger partial charge in [0.1, 0.15) is 0 Å². The number of amides is 2. The normalized spacial score (nSPS) is 14.3. The van der Waals surface area contributed by atoms with Gasteiger partial charge in [-0.3, -0.25) is 9.69 Å². The summed E-state index contributed by atoms with van der Waals surface area (Å²) in [6.07, 6.45) is 4.14. The minimum Gasteiger partial charge on any atom is -0.481 e. The molecule has 1 aliphatic carbocycles. The van der Waals surface area contributed by atoms with E-state index in [0.29, 0.717) is 25.4 Å². The minimum absolute atomic E-state index is 0.0687. The summed E-state index contributed by atoms with van der Waals surface area (Å²) in [5, 5.41) is 11.7. The largest absolute Gasteiger partial charge is 0.481 e. The fourth-order valence-corrected chi connectivity index (χ4v) is 2.37. The van der Waals surface area contributed by atoms with E-state index in [1.807, 2.05) is 30.3 Å². The molecule has 1 aliphatic rings. The third kappa shape index (κ3) is 4.77. The van der Waals surface area contributed by atoms with Crippen molar-refractivity contribution in [3.8, 4) is 0 Å². The second kappa shape index (κ2) is 7.67. The monoisotopic (exact) mass is 290 g/mol. The molecule has 1 aromatic rings. The molecule has 21 heavy (non-hydrogen) atoms. The first-order valence-electron chi connectivity index (χ1n) is 7.49. The van der Waals surface area contributed by atoms with Crippen molar-refractivity contribution in [2.75, 3.05) is 18.0 Å². The maximum atomic E-state index is 12.3. The maximum Gasteiger partial charge on any atom is 0.321 e. The second-order valence-corrected chi connectivity index (χ2v) is 5.47. The van der Waals surface area contributed by atoms with Crippen LogP contribution in [-0.2, 0) is 4.79 Å². The Balaban J connectivity index is 1.92. The average molecular weight is 290 g/mol. The summed E-state index contributed by atoms with van der Waals surface area (Å²) in [5.74, 6) is -0.233. The molecule has 1 fully saturated rings. The number of nitrogens with one attached hydrogen (secondary N) is 1. The lowest BCUT2D eigenvalue weighted by Crippen LogP contribution is -2.43. The van der Waals surface area contributed by atoms with Gasteiger partial charge in [-0.1, -0.05) is 24.6 Å². The van der Waals surface area contributed by atoms with Crippen molar-refractivity contribution in [3.05, 3.63) is 30.3 Å². The Morgan fingerprint density at radius 2 is 1.95 bits per heavy atom. The summed E-state index contributed by atoms with van der Waals surface area (Å²) >= 11 is 0. The molecule has 0 atom stereocenters. The number of rotatable bonds is 7. The Labute approximate surface area is 125 Å². The van der Waals surface area contributed by atoms with Gasteiger partial charge in [-0.2, -0.15) is 0 Å². The van der Waals surface area contributed by atoms with E-state index < -0.39 is 5.97 Å². The molecule has 0 saturated heterocycles. The van der Waals surface area contributed by atoms with Gasteiger partial charge in [-0.05, 0) is 37.3 Å². The number of hydrogen-bond acceptors (Lipinski definition) is 2. The van der Waals surface area contributed by atoms with Crippen LogP contribution in [0.1, 0.15) is 32.1 Å². The minimum atomic E-state index is -0.835. The summed E-state index contributed by atoms with van der Waals surface area (Å²) in [5.41, 5.74) is 0.800. The Hall–Kier alpha value is -2.04. The van der Waals surface area contributed by atoms with Gasteiger partial charge in [0, 0.05) is 25.2 Å². The van der Waals surface area contributed by atoms with Crippen LogP contribution >= 0.6 is 0 Å². The maximum absolute atomic E-state index is 12.3. The van der Waals surface area contributed by atoms with E-state index >= 15 is 0 Å². The number of hydrogen-bond donors (Lipinski definition) is 2. The number of nitrogens with zero attached hydrogens (tertiary/aromatic N) is 1. The highest BCUT2D eigenvalue weighted by Gasteiger charge is 2.20. The summed E-state index contributed by atoms with van der Waals surface area (Å²) in [4.78, 5) is 24.6. The molecule has 0 aromatic heterocycles. The lowest BCUT2D eigenvalue weighted by atomic mass is 9.85. The zero-order valence-corrected chi connectivity index (χ0v) is 12.1. The third-order valence-corrected chi connectivity index (χ3v) is 3.85. The van der Waals surface area contributed by atoms with Crippen LogP contribution in [-0.4, -0.2) is 30.2 Å². The van der Waals surface area contributed by atoms with E-state index in [1.54, 1.807) is 4.90 Å². The number of aliphatic carboxylic acids is 1. The molecule has 5 heteroatoms. The van der Waals surface area contributed by atoms with Crippen LogP contribution in [0.3, 0.4) is 0 Å². The SMILES string of the molecule is O=C(O)CCCN(C(=O)NCC1CCC1)c1ccccc1. The Bertz CT molecular complexity index is 472. The van der Waals surface area contributed by atoms with Gasteiger partial charge in [0.25, 0.3) is 0 Å². The average Bonchev–Trinajstić information content (AvgIpc) is 2.42. The summed E-state index contributed by atoms with van der Waals surface area (Å²) < 4.78 is 0. The quantitative estimate of drug-likeness (QED) is 0.811. The van der Waals surface area contributed by atoms with E-state index in [9.17, 15) is 9.59 Å².